The summed E-state index contributed by atoms with van der Waals surface area (Å²) in [4.78, 5) is 13.3. The quantitative estimate of drug-likeness (QED) is 0.597. The molecule has 0 saturated carbocycles. The normalized spacial score (nSPS) is 12.8. The Kier molecular flexibility index (Phi) is 8.02. The Labute approximate surface area is 166 Å². The molecule has 5 heteroatoms. The van der Waals surface area contributed by atoms with Crippen molar-refractivity contribution in [3.63, 3.8) is 0 Å². The minimum Gasteiger partial charge on any atom is -0.489 e. The minimum absolute atomic E-state index is 0.0901. The van der Waals surface area contributed by atoms with Gasteiger partial charge in [-0.05, 0) is 29.7 Å². The molecule has 0 amide bonds. The maximum atomic E-state index is 12.6. The molecule has 148 valence electrons. The Balaban J connectivity index is 1.86. The van der Waals surface area contributed by atoms with Crippen molar-refractivity contribution in [3.8, 4) is 5.75 Å². The number of thiophene rings is 1. The van der Waals surface area contributed by atoms with Crippen LogP contribution in [0, 0.1) is 12.3 Å². The lowest BCUT2D eigenvalue weighted by Gasteiger charge is -2.20. The van der Waals surface area contributed by atoms with Gasteiger partial charge in [-0.1, -0.05) is 51.1 Å². The first-order valence-corrected chi connectivity index (χ1v) is 10.3. The highest BCUT2D eigenvalue weighted by Gasteiger charge is 2.19. The molecule has 1 atom stereocenters. The number of ether oxygens (including phenoxy) is 1. The average molecular weight is 390 g/mol. The lowest BCUT2D eigenvalue weighted by atomic mass is 9.97. The Bertz CT molecular complexity index is 719. The smallest absolute Gasteiger partial charge is 0.176 e. The Morgan fingerprint density at radius 2 is 1.96 bits per heavy atom. The zero-order valence-electron chi connectivity index (χ0n) is 16.7. The molecule has 2 rings (SSSR count). The number of aliphatic hydroxyl groups is 1. The van der Waals surface area contributed by atoms with E-state index in [0.29, 0.717) is 23.6 Å². The fraction of sp³-hybridized carbons (Fsp3) is 0.500. The van der Waals surface area contributed by atoms with Gasteiger partial charge in [0.2, 0.25) is 0 Å². The number of hydrogen-bond acceptors (Lipinski definition) is 5. The molecular weight excluding hydrogens is 358 g/mol. The molecule has 0 bridgehead atoms. The summed E-state index contributed by atoms with van der Waals surface area (Å²) in [6.07, 6.45) is 0.560. The van der Waals surface area contributed by atoms with Crippen molar-refractivity contribution in [2.75, 3.05) is 19.7 Å². The second-order valence-electron chi connectivity index (χ2n) is 8.14. The molecule has 1 aromatic carbocycles. The van der Waals surface area contributed by atoms with Gasteiger partial charge in [-0.25, -0.2) is 0 Å². The van der Waals surface area contributed by atoms with Crippen molar-refractivity contribution >= 4 is 17.1 Å². The summed E-state index contributed by atoms with van der Waals surface area (Å²) in [5, 5.41) is 15.3. The third-order valence-electron chi connectivity index (χ3n) is 4.11. The van der Waals surface area contributed by atoms with Gasteiger partial charge in [-0.2, -0.15) is 0 Å². The van der Waals surface area contributed by atoms with Crippen molar-refractivity contribution in [2.45, 2.75) is 46.6 Å². The summed E-state index contributed by atoms with van der Waals surface area (Å²) < 4.78 is 5.83. The number of Topliss-reactive ketones (excluding diaryl/α,β-unsaturated/α-hetero) is 1. The first kappa shape index (κ1) is 21.6. The van der Waals surface area contributed by atoms with E-state index in [1.54, 1.807) is 0 Å². The zero-order valence-corrected chi connectivity index (χ0v) is 17.6. The van der Waals surface area contributed by atoms with Gasteiger partial charge in [0.05, 0.1) is 0 Å². The summed E-state index contributed by atoms with van der Waals surface area (Å²) in [7, 11) is 0. The van der Waals surface area contributed by atoms with Gasteiger partial charge >= 0.3 is 0 Å². The summed E-state index contributed by atoms with van der Waals surface area (Å²) in [6.45, 7) is 9.83. The maximum Gasteiger partial charge on any atom is 0.176 e. The van der Waals surface area contributed by atoms with Crippen molar-refractivity contribution in [3.05, 3.63) is 51.7 Å². The summed E-state index contributed by atoms with van der Waals surface area (Å²) in [6, 6.07) is 10.0. The second kappa shape index (κ2) is 10.0. The van der Waals surface area contributed by atoms with E-state index < -0.39 is 6.10 Å². The molecule has 0 aliphatic heterocycles. The molecule has 27 heavy (non-hydrogen) atoms. The first-order valence-electron chi connectivity index (χ1n) is 9.43. The topological polar surface area (TPSA) is 58.6 Å². The van der Waals surface area contributed by atoms with Crippen LogP contribution < -0.4 is 10.1 Å². The largest absolute Gasteiger partial charge is 0.489 e. The summed E-state index contributed by atoms with van der Waals surface area (Å²) in [5.74, 6) is 0.709. The molecule has 0 aliphatic rings. The van der Waals surface area contributed by atoms with Crippen LogP contribution in [0.25, 0.3) is 0 Å². The molecule has 2 N–H and O–H groups in total. The number of carbonyl (C=O) groups is 1. The van der Waals surface area contributed by atoms with E-state index in [9.17, 15) is 9.90 Å². The van der Waals surface area contributed by atoms with Crippen LogP contribution in [0.2, 0.25) is 0 Å². The molecule has 0 aliphatic carbocycles. The molecular formula is C22H31NO3S. The van der Waals surface area contributed by atoms with Crippen LogP contribution in [0.1, 0.15) is 48.0 Å². The predicted molar refractivity (Wildman–Crippen MR) is 112 cm³/mol. The third-order valence-corrected chi connectivity index (χ3v) is 5.23. The van der Waals surface area contributed by atoms with Crippen molar-refractivity contribution in [1.29, 1.82) is 0 Å². The van der Waals surface area contributed by atoms with Crippen molar-refractivity contribution in [1.82, 2.24) is 5.32 Å². The number of rotatable bonds is 10. The number of nitrogens with one attached hydrogen (secondary N) is 1. The lowest BCUT2D eigenvalue weighted by Crippen LogP contribution is -2.36. The van der Waals surface area contributed by atoms with Crippen LogP contribution in [0.15, 0.2) is 35.7 Å². The van der Waals surface area contributed by atoms with Crippen LogP contribution in [0.5, 0.6) is 5.75 Å². The van der Waals surface area contributed by atoms with E-state index in [2.05, 4.69) is 26.1 Å². The molecule has 4 nitrogen and oxygen atoms in total. The number of benzene rings is 1. The summed E-state index contributed by atoms with van der Waals surface area (Å²) >= 11 is 1.42. The lowest BCUT2D eigenvalue weighted by molar-refractivity contribution is 0.0950. The van der Waals surface area contributed by atoms with Gasteiger partial charge in [-0.3, -0.25) is 4.79 Å². The third kappa shape index (κ3) is 7.45. The number of aliphatic hydroxyl groups excluding tert-OH is 1. The van der Waals surface area contributed by atoms with E-state index in [4.69, 9.17) is 4.74 Å². The van der Waals surface area contributed by atoms with Crippen LogP contribution in [0.4, 0.5) is 0 Å². The number of carbonyl (C=O) groups excluding carboxylic acids is 1. The van der Waals surface area contributed by atoms with Crippen molar-refractivity contribution in [2.24, 2.45) is 5.41 Å². The predicted octanol–water partition coefficient (Wildman–Crippen LogP) is 4.25. The maximum absolute atomic E-state index is 12.6. The van der Waals surface area contributed by atoms with E-state index in [1.807, 2.05) is 42.6 Å². The number of ketones is 1. The monoisotopic (exact) mass is 389 g/mol. The Hall–Kier alpha value is -1.69. The zero-order chi connectivity index (χ0) is 19.9. The first-order chi connectivity index (χ1) is 12.8. The van der Waals surface area contributed by atoms with E-state index in [-0.39, 0.29) is 17.8 Å². The Morgan fingerprint density at radius 3 is 2.63 bits per heavy atom. The highest BCUT2D eigenvalue weighted by Crippen LogP contribution is 2.31. The molecule has 1 aromatic heterocycles. The average Bonchev–Trinajstić information content (AvgIpc) is 2.98. The minimum atomic E-state index is -0.612. The highest BCUT2D eigenvalue weighted by atomic mass is 32.1. The number of hydrogen-bond donors (Lipinski definition) is 2. The second-order valence-corrected chi connectivity index (χ2v) is 9.02. The molecule has 0 spiro atoms. The highest BCUT2D eigenvalue weighted by molar-refractivity contribution is 7.12. The molecule has 1 unspecified atom stereocenters. The number of aryl methyl sites for hydroxylation is 2. The van der Waals surface area contributed by atoms with E-state index in [0.717, 1.165) is 24.1 Å². The van der Waals surface area contributed by atoms with Crippen LogP contribution in [-0.2, 0) is 6.42 Å². The van der Waals surface area contributed by atoms with Gasteiger partial charge < -0.3 is 15.2 Å². The van der Waals surface area contributed by atoms with Crippen molar-refractivity contribution < 1.29 is 14.6 Å². The van der Waals surface area contributed by atoms with Gasteiger partial charge in [0.25, 0.3) is 0 Å². The van der Waals surface area contributed by atoms with Crippen LogP contribution >= 0.6 is 11.3 Å². The molecule has 0 fully saturated rings. The standard InChI is InChI=1S/C22H31NO3S/c1-16-14-27-21(19(25)11-10-17-8-6-5-7-9-17)20(16)26-13-18(24)12-23-15-22(2,3)4/h5-9,14,18,23-24H,10-13,15H2,1-4H3. The molecule has 0 saturated heterocycles. The van der Waals surface area contributed by atoms with Gasteiger partial charge in [0, 0.05) is 25.1 Å². The van der Waals surface area contributed by atoms with Crippen LogP contribution in [-0.4, -0.2) is 36.7 Å². The fourth-order valence-electron chi connectivity index (χ4n) is 2.67. The fourth-order valence-corrected chi connectivity index (χ4v) is 3.64. The molecule has 2 aromatic rings. The van der Waals surface area contributed by atoms with E-state index >= 15 is 0 Å². The Morgan fingerprint density at radius 1 is 1.26 bits per heavy atom. The van der Waals surface area contributed by atoms with Gasteiger partial charge in [0.15, 0.2) is 5.78 Å². The SMILES string of the molecule is Cc1csc(C(=O)CCc2ccccc2)c1OCC(O)CNCC(C)(C)C. The molecule has 0 radical (unpaired) electrons. The van der Waals surface area contributed by atoms with Crippen LogP contribution in [0.3, 0.4) is 0 Å². The summed E-state index contributed by atoms with van der Waals surface area (Å²) in [5.41, 5.74) is 2.27. The molecule has 1 heterocycles. The van der Waals surface area contributed by atoms with E-state index in [1.165, 1.54) is 11.3 Å². The van der Waals surface area contributed by atoms with Gasteiger partial charge in [0.1, 0.15) is 23.3 Å². The van der Waals surface area contributed by atoms with Gasteiger partial charge in [-0.15, -0.1) is 11.3 Å².